The average molecular weight is 480 g/mol. The summed E-state index contributed by atoms with van der Waals surface area (Å²) < 4.78 is 34.3. The summed E-state index contributed by atoms with van der Waals surface area (Å²) >= 11 is 0. The molecule has 1 amide bonds. The average Bonchev–Trinajstić information content (AvgIpc) is 3.58. The second-order valence-electron chi connectivity index (χ2n) is 9.44. The van der Waals surface area contributed by atoms with Gasteiger partial charge in [-0.2, -0.15) is 4.98 Å². The Kier molecular flexibility index (Phi) is 5.37. The summed E-state index contributed by atoms with van der Waals surface area (Å²) in [6.45, 7) is 1.23. The summed E-state index contributed by atoms with van der Waals surface area (Å²) in [6, 6.07) is -0.0326. The number of rotatable bonds is 4. The number of aryl methyl sites for hydroxylation is 1. The molecule has 3 aliphatic rings. The monoisotopic (exact) mass is 479 g/mol. The first-order valence-corrected chi connectivity index (χ1v) is 13.3. The van der Waals surface area contributed by atoms with Crippen molar-refractivity contribution in [3.8, 4) is 6.01 Å². The molecule has 0 N–H and O–H groups in total. The van der Waals surface area contributed by atoms with E-state index in [2.05, 4.69) is 4.98 Å². The number of sulfone groups is 1. The summed E-state index contributed by atoms with van der Waals surface area (Å²) in [4.78, 5) is 44.3. The van der Waals surface area contributed by atoms with E-state index in [9.17, 15) is 22.8 Å². The maximum Gasteiger partial charge on any atom is 0.332 e. The molecular weight excluding hydrogens is 450 g/mol. The molecule has 0 atom stereocenters. The topological polar surface area (TPSA) is 126 Å². The summed E-state index contributed by atoms with van der Waals surface area (Å²) in [5.74, 6) is 0.476. The summed E-state index contributed by atoms with van der Waals surface area (Å²) in [6.07, 6.45) is 3.77. The standard InChI is InChI=1S/C21H29N5O6S/c1-23-17-16(19(28)24(2)21(23)29)26(14-7-11-33(30,31)12-8-14)20(22-17)32-15-5-9-25(10-6-15)18(27)13-3-4-13/h13-15H,3-12H2,1-2H3. The summed E-state index contributed by atoms with van der Waals surface area (Å²) in [5.41, 5.74) is -0.483. The predicted octanol–water partition coefficient (Wildman–Crippen LogP) is -0.0368. The molecule has 1 saturated carbocycles. The minimum Gasteiger partial charge on any atom is -0.461 e. The van der Waals surface area contributed by atoms with Gasteiger partial charge < -0.3 is 9.64 Å². The van der Waals surface area contributed by atoms with Crippen LogP contribution < -0.4 is 16.0 Å². The fourth-order valence-corrected chi connectivity index (χ4v) is 6.35. The van der Waals surface area contributed by atoms with Crippen LogP contribution in [0.3, 0.4) is 0 Å². The van der Waals surface area contributed by atoms with Crippen LogP contribution >= 0.6 is 0 Å². The van der Waals surface area contributed by atoms with E-state index in [0.717, 1.165) is 17.4 Å². The number of carbonyl (C=O) groups is 1. The van der Waals surface area contributed by atoms with Crippen molar-refractivity contribution in [1.82, 2.24) is 23.6 Å². The number of hydrogen-bond acceptors (Lipinski definition) is 7. The van der Waals surface area contributed by atoms with Crippen molar-refractivity contribution in [1.29, 1.82) is 0 Å². The van der Waals surface area contributed by atoms with E-state index in [1.165, 1.54) is 11.6 Å². The minimum absolute atomic E-state index is 0.0323. The Hall–Kier alpha value is -2.63. The zero-order valence-electron chi connectivity index (χ0n) is 18.9. The molecular formula is C21H29N5O6S. The van der Waals surface area contributed by atoms with Crippen LogP contribution in [0.5, 0.6) is 6.01 Å². The SMILES string of the molecule is Cn1c(=O)c2c(nc(OC3CCN(C(=O)C4CC4)CC3)n2C2CCS(=O)(=O)CC2)n(C)c1=O. The first-order chi connectivity index (χ1) is 15.7. The molecule has 5 rings (SSSR count). The van der Waals surface area contributed by atoms with Crippen molar-refractivity contribution in [2.45, 2.75) is 50.7 Å². The third-order valence-corrected chi connectivity index (χ3v) is 8.82. The van der Waals surface area contributed by atoms with Gasteiger partial charge in [0.1, 0.15) is 15.9 Å². The van der Waals surface area contributed by atoms with E-state index in [0.29, 0.717) is 38.8 Å². The molecule has 4 heterocycles. The second-order valence-corrected chi connectivity index (χ2v) is 11.7. The molecule has 180 valence electrons. The van der Waals surface area contributed by atoms with E-state index >= 15 is 0 Å². The van der Waals surface area contributed by atoms with Crippen molar-refractivity contribution in [3.63, 3.8) is 0 Å². The Labute approximate surface area is 190 Å². The highest BCUT2D eigenvalue weighted by molar-refractivity contribution is 7.91. The van der Waals surface area contributed by atoms with Gasteiger partial charge in [-0.25, -0.2) is 13.2 Å². The van der Waals surface area contributed by atoms with Crippen LogP contribution in [0.1, 0.15) is 44.6 Å². The number of amides is 1. The predicted molar refractivity (Wildman–Crippen MR) is 120 cm³/mol. The highest BCUT2D eigenvalue weighted by Crippen LogP contribution is 2.34. The van der Waals surface area contributed by atoms with Crippen LogP contribution in [0.15, 0.2) is 9.59 Å². The molecule has 0 aromatic carbocycles. The molecule has 2 aromatic rings. The van der Waals surface area contributed by atoms with Crippen molar-refractivity contribution in [3.05, 3.63) is 20.8 Å². The quantitative estimate of drug-likeness (QED) is 0.603. The number of fused-ring (bicyclic) bond motifs is 1. The Morgan fingerprint density at radius 1 is 0.970 bits per heavy atom. The van der Waals surface area contributed by atoms with Crippen LogP contribution in [0.25, 0.3) is 11.2 Å². The molecule has 0 radical (unpaired) electrons. The lowest BCUT2D eigenvalue weighted by molar-refractivity contribution is -0.134. The fourth-order valence-electron chi connectivity index (χ4n) is 4.88. The highest BCUT2D eigenvalue weighted by Gasteiger charge is 2.36. The number of likely N-dealkylation sites (tertiary alicyclic amines) is 1. The van der Waals surface area contributed by atoms with Crippen LogP contribution in [-0.4, -0.2) is 68.6 Å². The fraction of sp³-hybridized carbons (Fsp3) is 0.714. The van der Waals surface area contributed by atoms with Crippen molar-refractivity contribution in [2.24, 2.45) is 20.0 Å². The highest BCUT2D eigenvalue weighted by atomic mass is 32.2. The first kappa shape index (κ1) is 22.2. The molecule has 33 heavy (non-hydrogen) atoms. The second kappa shape index (κ2) is 8.00. The Morgan fingerprint density at radius 2 is 1.61 bits per heavy atom. The van der Waals surface area contributed by atoms with Crippen molar-refractivity contribution >= 4 is 26.9 Å². The van der Waals surface area contributed by atoms with Gasteiger partial charge in [0.05, 0.1) is 11.5 Å². The third kappa shape index (κ3) is 3.98. The Balaban J connectivity index is 1.48. The lowest BCUT2D eigenvalue weighted by atomic mass is 10.1. The van der Waals surface area contributed by atoms with E-state index < -0.39 is 21.1 Å². The molecule has 0 bridgehead atoms. The van der Waals surface area contributed by atoms with Gasteiger partial charge in [-0.15, -0.1) is 0 Å². The van der Waals surface area contributed by atoms with Crippen LogP contribution in [0, 0.1) is 5.92 Å². The zero-order chi connectivity index (χ0) is 23.5. The number of aromatic nitrogens is 4. The normalized spacial score (nSPS) is 22.1. The molecule has 2 aromatic heterocycles. The van der Waals surface area contributed by atoms with Gasteiger partial charge in [-0.3, -0.25) is 23.3 Å². The van der Waals surface area contributed by atoms with Crippen molar-refractivity contribution in [2.75, 3.05) is 24.6 Å². The smallest absolute Gasteiger partial charge is 0.332 e. The number of piperidine rings is 1. The van der Waals surface area contributed by atoms with Gasteiger partial charge in [-0.05, 0) is 25.7 Å². The number of imidazole rings is 1. The Bertz CT molecular complexity index is 1310. The molecule has 0 spiro atoms. The van der Waals surface area contributed by atoms with Gasteiger partial charge in [0, 0.05) is 52.0 Å². The van der Waals surface area contributed by atoms with Gasteiger partial charge in [0.15, 0.2) is 11.2 Å². The van der Waals surface area contributed by atoms with E-state index in [1.54, 1.807) is 11.6 Å². The molecule has 2 aliphatic heterocycles. The molecule has 1 aliphatic carbocycles. The van der Waals surface area contributed by atoms with E-state index in [-0.39, 0.29) is 52.7 Å². The lowest BCUT2D eigenvalue weighted by Gasteiger charge is -2.32. The third-order valence-electron chi connectivity index (χ3n) is 7.10. The number of nitrogens with zero attached hydrogens (tertiary/aromatic N) is 5. The molecule has 12 heteroatoms. The van der Waals surface area contributed by atoms with Gasteiger partial charge in [0.2, 0.25) is 5.91 Å². The van der Waals surface area contributed by atoms with Crippen molar-refractivity contribution < 1.29 is 17.9 Å². The number of ether oxygens (including phenoxy) is 1. The van der Waals surface area contributed by atoms with Gasteiger partial charge in [0.25, 0.3) is 11.6 Å². The van der Waals surface area contributed by atoms with E-state index in [1.807, 2.05) is 4.90 Å². The number of hydrogen-bond donors (Lipinski definition) is 0. The minimum atomic E-state index is -3.10. The maximum absolute atomic E-state index is 13.1. The Morgan fingerprint density at radius 3 is 2.21 bits per heavy atom. The summed E-state index contributed by atoms with van der Waals surface area (Å²) in [5, 5.41) is 0. The van der Waals surface area contributed by atoms with Crippen LogP contribution in [-0.2, 0) is 28.7 Å². The molecule has 0 unspecified atom stereocenters. The molecule has 11 nitrogen and oxygen atoms in total. The van der Waals surface area contributed by atoms with Crippen LogP contribution in [0.4, 0.5) is 0 Å². The summed E-state index contributed by atoms with van der Waals surface area (Å²) in [7, 11) is -0.129. The maximum atomic E-state index is 13.1. The first-order valence-electron chi connectivity index (χ1n) is 11.5. The molecule has 2 saturated heterocycles. The molecule has 3 fully saturated rings. The van der Waals surface area contributed by atoms with Crippen LogP contribution in [0.2, 0.25) is 0 Å². The van der Waals surface area contributed by atoms with E-state index in [4.69, 9.17) is 4.74 Å². The van der Waals surface area contributed by atoms with Gasteiger partial charge >= 0.3 is 5.69 Å². The van der Waals surface area contributed by atoms with Gasteiger partial charge in [-0.1, -0.05) is 0 Å². The number of carbonyl (C=O) groups excluding carboxylic acids is 1. The largest absolute Gasteiger partial charge is 0.461 e. The lowest BCUT2D eigenvalue weighted by Crippen LogP contribution is -2.42. The zero-order valence-corrected chi connectivity index (χ0v) is 19.7.